The van der Waals surface area contributed by atoms with E-state index in [0.29, 0.717) is 17.4 Å². The maximum absolute atomic E-state index is 9.68. The number of methoxy groups -OCH3 is 1. The van der Waals surface area contributed by atoms with E-state index in [1.165, 1.54) is 13.3 Å². The van der Waals surface area contributed by atoms with Crippen LogP contribution in [-0.4, -0.2) is 52.9 Å². The molecular formula is C28H35ClN4O4. The highest BCUT2D eigenvalue weighted by Crippen LogP contribution is 2.37. The summed E-state index contributed by atoms with van der Waals surface area (Å²) in [7, 11) is 1.64. The number of Topliss-reactive ketones (excluding diaryl/α,β-unsaturated/α-hetero) is 1. The number of rotatable bonds is 6. The van der Waals surface area contributed by atoms with E-state index < -0.39 is 0 Å². The smallest absolute Gasteiger partial charge is 0.230 e. The van der Waals surface area contributed by atoms with E-state index in [1.54, 1.807) is 7.11 Å². The van der Waals surface area contributed by atoms with Crippen LogP contribution in [0.5, 0.6) is 23.1 Å². The van der Waals surface area contributed by atoms with Crippen molar-refractivity contribution in [3.8, 4) is 23.1 Å². The molecule has 37 heavy (non-hydrogen) atoms. The Kier molecular flexibility index (Phi) is 10.5. The van der Waals surface area contributed by atoms with Crippen molar-refractivity contribution in [2.75, 3.05) is 26.1 Å². The largest absolute Gasteiger partial charge is 0.493 e. The molecule has 8 nitrogen and oxygen atoms in total. The van der Waals surface area contributed by atoms with E-state index in [0.717, 1.165) is 59.2 Å². The number of fused-ring (bicyclic) bond motifs is 2. The molecule has 5 rings (SSSR count). The number of aromatic amines is 1. The number of aromatic nitrogens is 3. The fourth-order valence-corrected chi connectivity index (χ4v) is 3.90. The van der Waals surface area contributed by atoms with Crippen molar-refractivity contribution in [1.82, 2.24) is 20.3 Å². The molecular weight excluding hydrogens is 492 g/mol. The fourth-order valence-electron chi connectivity index (χ4n) is 3.90. The second kappa shape index (κ2) is 13.8. The number of carbonyl (C=O) groups is 1. The molecule has 1 aliphatic rings. The molecule has 198 valence electrons. The number of piperidine rings is 1. The molecule has 0 spiro atoms. The van der Waals surface area contributed by atoms with Crippen LogP contribution < -0.4 is 19.5 Å². The zero-order chi connectivity index (χ0) is 26.8. The summed E-state index contributed by atoms with van der Waals surface area (Å²) >= 11 is 4.99. The zero-order valence-corrected chi connectivity index (χ0v) is 22.8. The molecule has 0 saturated carbocycles. The van der Waals surface area contributed by atoms with Gasteiger partial charge in [0.15, 0.2) is 11.5 Å². The average molecular weight is 527 g/mol. The number of nitrogens with zero attached hydrogens (tertiary/aromatic N) is 2. The van der Waals surface area contributed by atoms with Crippen molar-refractivity contribution in [1.29, 1.82) is 0 Å². The predicted octanol–water partition coefficient (Wildman–Crippen LogP) is 6.19. The molecule has 2 N–H and O–H groups in total. The van der Waals surface area contributed by atoms with E-state index >= 15 is 0 Å². The van der Waals surface area contributed by atoms with Gasteiger partial charge in [-0.25, -0.2) is 9.97 Å². The van der Waals surface area contributed by atoms with Crippen molar-refractivity contribution < 1.29 is 19.0 Å². The van der Waals surface area contributed by atoms with Gasteiger partial charge in [0.2, 0.25) is 5.88 Å². The van der Waals surface area contributed by atoms with Gasteiger partial charge < -0.3 is 24.5 Å². The van der Waals surface area contributed by atoms with Gasteiger partial charge in [-0.1, -0.05) is 13.8 Å². The lowest BCUT2D eigenvalue weighted by molar-refractivity contribution is -0.114. The number of nitrogens with one attached hydrogen (secondary N) is 2. The Morgan fingerprint density at radius 3 is 2.49 bits per heavy atom. The Bertz CT molecular complexity index is 1320. The number of alkyl halides is 1. The van der Waals surface area contributed by atoms with Gasteiger partial charge in [0.25, 0.3) is 0 Å². The summed E-state index contributed by atoms with van der Waals surface area (Å²) < 4.78 is 18.0. The van der Waals surface area contributed by atoms with E-state index in [9.17, 15) is 4.79 Å². The van der Waals surface area contributed by atoms with Crippen LogP contribution in [0.1, 0.15) is 39.3 Å². The lowest BCUT2D eigenvalue weighted by Gasteiger charge is -2.24. The third-order valence-corrected chi connectivity index (χ3v) is 5.97. The van der Waals surface area contributed by atoms with E-state index in [2.05, 4.69) is 26.3 Å². The number of H-pyrrole nitrogens is 1. The number of ether oxygens (including phenoxy) is 3. The Balaban J connectivity index is 0.000000489. The Labute approximate surface area is 222 Å². The van der Waals surface area contributed by atoms with Crippen molar-refractivity contribution >= 4 is 39.2 Å². The van der Waals surface area contributed by atoms with Gasteiger partial charge in [0.05, 0.1) is 23.9 Å². The topological polar surface area (TPSA) is 98.4 Å². The normalized spacial score (nSPS) is 13.2. The number of hydrogen-bond acceptors (Lipinski definition) is 7. The van der Waals surface area contributed by atoms with Gasteiger partial charge >= 0.3 is 0 Å². The highest BCUT2D eigenvalue weighted by atomic mass is 35.5. The van der Waals surface area contributed by atoms with E-state index in [-0.39, 0.29) is 17.8 Å². The third-order valence-electron chi connectivity index (χ3n) is 5.59. The van der Waals surface area contributed by atoms with Crippen molar-refractivity contribution in [2.24, 2.45) is 0 Å². The number of hydrogen-bond donors (Lipinski definition) is 2. The predicted molar refractivity (Wildman–Crippen MR) is 148 cm³/mol. The van der Waals surface area contributed by atoms with Crippen LogP contribution in [0, 0.1) is 6.92 Å². The summed E-state index contributed by atoms with van der Waals surface area (Å²) in [5, 5.41) is 5.22. The highest BCUT2D eigenvalue weighted by molar-refractivity contribution is 6.27. The van der Waals surface area contributed by atoms with Crippen molar-refractivity contribution in [3.63, 3.8) is 0 Å². The highest BCUT2D eigenvalue weighted by Gasteiger charge is 2.19. The summed E-state index contributed by atoms with van der Waals surface area (Å²) in [4.78, 5) is 21.8. The van der Waals surface area contributed by atoms with Crippen LogP contribution in [0.4, 0.5) is 0 Å². The number of benzene rings is 2. The third kappa shape index (κ3) is 7.57. The quantitative estimate of drug-likeness (QED) is 0.289. The van der Waals surface area contributed by atoms with Gasteiger partial charge in [0.1, 0.15) is 24.0 Å². The van der Waals surface area contributed by atoms with Crippen LogP contribution in [0.15, 0.2) is 42.7 Å². The molecule has 3 heterocycles. The molecule has 0 radical (unpaired) electrons. The fraction of sp³-hybridized carbons (Fsp3) is 0.393. The van der Waals surface area contributed by atoms with Gasteiger partial charge in [-0.05, 0) is 70.1 Å². The minimum atomic E-state index is 0.0201. The Hall–Kier alpha value is -3.36. The molecule has 1 fully saturated rings. The zero-order valence-electron chi connectivity index (χ0n) is 22.1. The summed E-state index contributed by atoms with van der Waals surface area (Å²) in [6.07, 6.45) is 3.63. The van der Waals surface area contributed by atoms with Crippen LogP contribution >= 0.6 is 11.6 Å². The molecule has 0 aliphatic carbocycles. The SMILES string of the molecule is CC.CC(=O)CCl.COc1cc2c(Oc3ccc4[nH]c(C)cc4c3)ncnc2cc1OC1CCNCC1. The first-order chi connectivity index (χ1) is 18.0. The van der Waals surface area contributed by atoms with Crippen LogP contribution in [0.2, 0.25) is 0 Å². The summed E-state index contributed by atoms with van der Waals surface area (Å²) in [5.41, 5.74) is 2.94. The van der Waals surface area contributed by atoms with Crippen LogP contribution in [0.3, 0.4) is 0 Å². The summed E-state index contributed by atoms with van der Waals surface area (Å²) in [6.45, 7) is 9.42. The lowest BCUT2D eigenvalue weighted by Crippen LogP contribution is -2.34. The van der Waals surface area contributed by atoms with Gasteiger partial charge in [0, 0.05) is 22.7 Å². The molecule has 0 bridgehead atoms. The number of ketones is 1. The van der Waals surface area contributed by atoms with E-state index in [4.69, 9.17) is 25.8 Å². The van der Waals surface area contributed by atoms with E-state index in [1.807, 2.05) is 51.1 Å². The van der Waals surface area contributed by atoms with Crippen molar-refractivity contribution in [3.05, 3.63) is 48.4 Å². The summed E-state index contributed by atoms with van der Waals surface area (Å²) in [5.74, 6) is 2.71. The minimum absolute atomic E-state index is 0.0201. The molecule has 9 heteroatoms. The van der Waals surface area contributed by atoms with Gasteiger partial charge in [-0.15, -0.1) is 11.6 Å². The van der Waals surface area contributed by atoms with Gasteiger partial charge in [-0.3, -0.25) is 4.79 Å². The van der Waals surface area contributed by atoms with Gasteiger partial charge in [-0.2, -0.15) is 0 Å². The molecule has 1 aliphatic heterocycles. The first-order valence-corrected chi connectivity index (χ1v) is 13.0. The molecule has 0 amide bonds. The monoisotopic (exact) mass is 526 g/mol. The molecule has 0 atom stereocenters. The molecule has 1 saturated heterocycles. The first kappa shape index (κ1) is 28.2. The molecule has 2 aromatic carbocycles. The second-order valence-corrected chi connectivity index (χ2v) is 8.67. The molecule has 4 aromatic rings. The standard InChI is InChI=1S/C23H24N4O3.C3H5ClO.C2H6/c1-14-9-15-10-17(3-4-19(15)27-14)30-23-18-11-21(28-2)22(12-20(18)25-13-26-23)29-16-5-7-24-8-6-16;1-3(5)2-4;1-2/h3-4,9-13,16,24,27H,5-8H2,1-2H3;2H2,1H3;1-2H3. The van der Waals surface area contributed by atoms with Crippen molar-refractivity contribution in [2.45, 2.75) is 46.6 Å². The second-order valence-electron chi connectivity index (χ2n) is 8.41. The van der Waals surface area contributed by atoms with Crippen LogP contribution in [-0.2, 0) is 4.79 Å². The lowest BCUT2D eigenvalue weighted by atomic mass is 10.1. The van der Waals surface area contributed by atoms with Crippen LogP contribution in [0.25, 0.3) is 21.8 Å². The Morgan fingerprint density at radius 2 is 1.81 bits per heavy atom. The maximum Gasteiger partial charge on any atom is 0.230 e. The molecule has 0 unspecified atom stereocenters. The maximum atomic E-state index is 9.68. The minimum Gasteiger partial charge on any atom is -0.493 e. The summed E-state index contributed by atoms with van der Waals surface area (Å²) in [6, 6.07) is 11.8. The number of carbonyl (C=O) groups excluding carboxylic acids is 1. The number of aryl methyl sites for hydroxylation is 1. The average Bonchev–Trinajstić information content (AvgIpc) is 3.30. The molecule has 2 aromatic heterocycles. The first-order valence-electron chi connectivity index (χ1n) is 12.5. The Morgan fingerprint density at radius 1 is 1.08 bits per heavy atom. The number of halogens is 1.